The van der Waals surface area contributed by atoms with E-state index in [2.05, 4.69) is 31.3 Å². The molecule has 0 fully saturated rings. The number of hydrogen-bond acceptors (Lipinski definition) is 5. The maximum Gasteiger partial charge on any atom is 0.305 e. The van der Waals surface area contributed by atoms with Crippen LogP contribution in [0.3, 0.4) is 0 Å². The van der Waals surface area contributed by atoms with E-state index < -0.39 is 12.1 Å². The summed E-state index contributed by atoms with van der Waals surface area (Å²) < 4.78 is 5.49. The summed E-state index contributed by atoms with van der Waals surface area (Å²) in [7, 11) is 0. The molecule has 6 heteroatoms. The van der Waals surface area contributed by atoms with Gasteiger partial charge in [0, 0.05) is 12.8 Å². The predicted octanol–water partition coefficient (Wildman–Crippen LogP) is 18.5. The van der Waals surface area contributed by atoms with E-state index in [0.29, 0.717) is 25.9 Å². The summed E-state index contributed by atoms with van der Waals surface area (Å²) in [4.78, 5) is 24.5. The third kappa shape index (κ3) is 52.0. The molecular weight excluding hydrogens is 815 g/mol. The normalized spacial score (nSPS) is 12.6. The Balaban J connectivity index is 3.35. The number of allylic oxidation sites excluding steroid dienone is 2. The summed E-state index contributed by atoms with van der Waals surface area (Å²) in [6.45, 7) is 4.95. The maximum absolute atomic E-state index is 12.4. The third-order valence-corrected chi connectivity index (χ3v) is 14.1. The van der Waals surface area contributed by atoms with Crippen molar-refractivity contribution in [2.24, 2.45) is 0 Å². The Hall–Kier alpha value is -1.40. The molecule has 0 heterocycles. The number of esters is 1. The summed E-state index contributed by atoms with van der Waals surface area (Å²) in [6, 6.07) is -0.541. The van der Waals surface area contributed by atoms with Crippen molar-refractivity contribution in [1.82, 2.24) is 5.32 Å². The van der Waals surface area contributed by atoms with Crippen LogP contribution in [0.1, 0.15) is 335 Å². The van der Waals surface area contributed by atoms with Crippen LogP contribution in [0.5, 0.6) is 0 Å². The lowest BCUT2D eigenvalue weighted by atomic mass is 10.0. The summed E-state index contributed by atoms with van der Waals surface area (Å²) in [5, 5.41) is 23.2. The molecule has 66 heavy (non-hydrogen) atoms. The Kier molecular flexibility index (Phi) is 55.0. The highest BCUT2D eigenvalue weighted by atomic mass is 16.5. The molecule has 0 bridgehead atoms. The number of rotatable bonds is 56. The van der Waals surface area contributed by atoms with Crippen molar-refractivity contribution in [2.45, 2.75) is 347 Å². The molecule has 0 aromatic carbocycles. The van der Waals surface area contributed by atoms with Gasteiger partial charge in [0.05, 0.1) is 25.4 Å². The van der Waals surface area contributed by atoms with E-state index in [1.54, 1.807) is 0 Å². The van der Waals surface area contributed by atoms with Gasteiger partial charge in [-0.2, -0.15) is 0 Å². The average Bonchev–Trinajstić information content (AvgIpc) is 3.32. The van der Waals surface area contributed by atoms with Crippen LogP contribution in [0.25, 0.3) is 0 Å². The molecule has 0 aliphatic carbocycles. The first-order valence-corrected chi connectivity index (χ1v) is 29.9. The van der Waals surface area contributed by atoms with E-state index in [0.717, 1.165) is 44.9 Å². The van der Waals surface area contributed by atoms with Gasteiger partial charge in [-0.3, -0.25) is 9.59 Å². The first kappa shape index (κ1) is 64.6. The number of nitrogens with one attached hydrogen (secondary N) is 1. The van der Waals surface area contributed by atoms with Gasteiger partial charge < -0.3 is 20.3 Å². The molecule has 0 spiro atoms. The first-order valence-electron chi connectivity index (χ1n) is 29.9. The van der Waals surface area contributed by atoms with Gasteiger partial charge in [-0.05, 0) is 51.4 Å². The molecule has 0 radical (unpaired) electrons. The van der Waals surface area contributed by atoms with Crippen molar-refractivity contribution in [3.8, 4) is 0 Å². The Morgan fingerprint density at radius 2 is 0.712 bits per heavy atom. The van der Waals surface area contributed by atoms with E-state index in [1.807, 2.05) is 0 Å². The van der Waals surface area contributed by atoms with Crippen LogP contribution in [0.15, 0.2) is 12.2 Å². The zero-order valence-corrected chi connectivity index (χ0v) is 44.7. The molecule has 0 aromatic heterocycles. The summed E-state index contributed by atoms with van der Waals surface area (Å²) in [5.74, 6) is -0.0284. The van der Waals surface area contributed by atoms with Crippen molar-refractivity contribution < 1.29 is 24.5 Å². The Labute approximate surface area is 412 Å². The number of unbranched alkanes of at least 4 members (excludes halogenated alkanes) is 43. The number of hydrogen-bond donors (Lipinski definition) is 3. The first-order chi connectivity index (χ1) is 32.5. The second kappa shape index (κ2) is 56.2. The maximum atomic E-state index is 12.4. The molecule has 0 aliphatic heterocycles. The van der Waals surface area contributed by atoms with Gasteiger partial charge in [-0.25, -0.2) is 0 Å². The van der Waals surface area contributed by atoms with Gasteiger partial charge in [0.15, 0.2) is 0 Å². The Morgan fingerprint density at radius 3 is 1.08 bits per heavy atom. The molecule has 1 amide bonds. The number of carbonyl (C=O) groups excluding carboxylic acids is 2. The minimum absolute atomic E-state index is 0.00822. The van der Waals surface area contributed by atoms with Gasteiger partial charge in [0.25, 0.3) is 0 Å². The topological polar surface area (TPSA) is 95.9 Å². The van der Waals surface area contributed by atoms with Gasteiger partial charge in [0.2, 0.25) is 5.91 Å². The number of amides is 1. The fraction of sp³-hybridized carbons (Fsp3) is 0.933. The largest absolute Gasteiger partial charge is 0.466 e. The summed E-state index contributed by atoms with van der Waals surface area (Å²) >= 11 is 0. The van der Waals surface area contributed by atoms with Crippen molar-refractivity contribution in [3.63, 3.8) is 0 Å². The SMILES string of the molecule is CCCCCCCCC/C=C\CCCCCCCCCC(=O)OCCCCCCCCCCCCCCCCCCCCCCC(=O)NC(CO)C(O)CCCCCCCCCCCCC. The second-order valence-corrected chi connectivity index (χ2v) is 20.7. The van der Waals surface area contributed by atoms with Gasteiger partial charge >= 0.3 is 5.97 Å². The van der Waals surface area contributed by atoms with Crippen LogP contribution in [0, 0.1) is 0 Å². The number of ether oxygens (including phenoxy) is 1. The van der Waals surface area contributed by atoms with E-state index >= 15 is 0 Å². The molecule has 392 valence electrons. The van der Waals surface area contributed by atoms with Crippen LogP contribution >= 0.6 is 0 Å². The fourth-order valence-corrected chi connectivity index (χ4v) is 9.46. The highest BCUT2D eigenvalue weighted by molar-refractivity contribution is 5.76. The molecule has 3 N–H and O–H groups in total. The fourth-order valence-electron chi connectivity index (χ4n) is 9.46. The minimum atomic E-state index is -0.663. The molecule has 0 saturated carbocycles. The summed E-state index contributed by atoms with van der Waals surface area (Å²) in [5.41, 5.74) is 0. The number of carbonyl (C=O) groups is 2. The lowest BCUT2D eigenvalue weighted by molar-refractivity contribution is -0.143. The number of aliphatic hydroxyl groups is 2. The number of aliphatic hydroxyl groups excluding tert-OH is 2. The lowest BCUT2D eigenvalue weighted by Crippen LogP contribution is -2.45. The molecule has 0 aliphatic rings. The van der Waals surface area contributed by atoms with Crippen molar-refractivity contribution in [3.05, 3.63) is 12.2 Å². The van der Waals surface area contributed by atoms with E-state index in [1.165, 1.54) is 257 Å². The van der Waals surface area contributed by atoms with Crippen LogP contribution in [-0.4, -0.2) is 47.4 Å². The molecule has 0 saturated heterocycles. The second-order valence-electron chi connectivity index (χ2n) is 20.7. The van der Waals surface area contributed by atoms with Gasteiger partial charge in [0.1, 0.15) is 0 Å². The van der Waals surface area contributed by atoms with Gasteiger partial charge in [-0.1, -0.05) is 283 Å². The third-order valence-electron chi connectivity index (χ3n) is 14.1. The average molecular weight is 933 g/mol. The molecule has 2 atom stereocenters. The standard InChI is InChI=1S/C60H117NO5/c1-3-5-7-9-11-13-15-16-17-18-24-27-30-34-38-42-46-50-54-60(65)66-55-51-47-43-39-35-31-28-25-22-20-19-21-23-26-29-33-37-41-45-49-53-59(64)61-57(56-62)58(63)52-48-44-40-36-32-14-12-10-8-6-4-2/h17-18,57-58,62-63H,3-16,19-56H2,1-2H3,(H,61,64)/b18-17-. The van der Waals surface area contributed by atoms with Crippen molar-refractivity contribution in [1.29, 1.82) is 0 Å². The molecule has 0 rings (SSSR count). The molecule has 0 aromatic rings. The van der Waals surface area contributed by atoms with Gasteiger partial charge in [-0.15, -0.1) is 0 Å². The minimum Gasteiger partial charge on any atom is -0.466 e. The highest BCUT2D eigenvalue weighted by Crippen LogP contribution is 2.18. The predicted molar refractivity (Wildman–Crippen MR) is 287 cm³/mol. The van der Waals surface area contributed by atoms with E-state index in [9.17, 15) is 19.8 Å². The Bertz CT molecular complexity index is 986. The van der Waals surface area contributed by atoms with E-state index in [4.69, 9.17) is 4.74 Å². The molecule has 6 nitrogen and oxygen atoms in total. The van der Waals surface area contributed by atoms with Crippen molar-refractivity contribution in [2.75, 3.05) is 13.2 Å². The smallest absolute Gasteiger partial charge is 0.305 e. The monoisotopic (exact) mass is 932 g/mol. The van der Waals surface area contributed by atoms with Crippen LogP contribution < -0.4 is 5.32 Å². The van der Waals surface area contributed by atoms with Crippen LogP contribution in [0.2, 0.25) is 0 Å². The highest BCUT2D eigenvalue weighted by Gasteiger charge is 2.20. The quantitative estimate of drug-likeness (QED) is 0.0321. The zero-order valence-electron chi connectivity index (χ0n) is 44.7. The summed E-state index contributed by atoms with van der Waals surface area (Å²) in [6.07, 6.45) is 66.4. The van der Waals surface area contributed by atoms with Crippen LogP contribution in [0.4, 0.5) is 0 Å². The molecule has 2 unspecified atom stereocenters. The van der Waals surface area contributed by atoms with E-state index in [-0.39, 0.29) is 18.5 Å². The lowest BCUT2D eigenvalue weighted by Gasteiger charge is -2.22. The zero-order chi connectivity index (χ0) is 47.9. The Morgan fingerprint density at radius 1 is 0.409 bits per heavy atom. The van der Waals surface area contributed by atoms with Crippen molar-refractivity contribution >= 4 is 11.9 Å². The molecular formula is C60H117NO5. The van der Waals surface area contributed by atoms with Crippen LogP contribution in [-0.2, 0) is 14.3 Å².